The summed E-state index contributed by atoms with van der Waals surface area (Å²) in [5.41, 5.74) is 0. The Hall–Kier alpha value is 0.217. The van der Waals surface area contributed by atoms with Crippen molar-refractivity contribution in [3.05, 3.63) is 0 Å². The summed E-state index contributed by atoms with van der Waals surface area (Å²) in [4.78, 5) is 0. The second-order valence-corrected chi connectivity index (χ2v) is 4.89. The van der Waals surface area contributed by atoms with Gasteiger partial charge in [-0.2, -0.15) is 0 Å². The molecule has 0 bridgehead atoms. The van der Waals surface area contributed by atoms with E-state index in [0.29, 0.717) is 0 Å². The highest BCUT2D eigenvalue weighted by Crippen LogP contribution is 2.12. The second-order valence-electron chi connectivity index (χ2n) is 4.89. The van der Waals surface area contributed by atoms with Gasteiger partial charge < -0.3 is 0 Å². The molecule has 0 saturated carbocycles. The maximum Gasteiger partial charge on any atom is 0 e. The molecule has 0 aliphatic heterocycles. The number of hydrogen-bond acceptors (Lipinski definition) is 0. The Labute approximate surface area is 109 Å². The Balaban J connectivity index is 0. The lowest BCUT2D eigenvalue weighted by atomic mass is 10.1. The van der Waals surface area contributed by atoms with Gasteiger partial charge in [0, 0.05) is 11.0 Å². The maximum atomic E-state index is 2.29. The SMILES string of the molecule is CCCCCCCCCCCCCCC.[Si]. The molecule has 0 unspecified atom stereocenters. The number of rotatable bonds is 12. The molecule has 96 valence electrons. The highest BCUT2D eigenvalue weighted by atomic mass is 28.1. The minimum atomic E-state index is 0. The van der Waals surface area contributed by atoms with E-state index in [1.807, 2.05) is 0 Å². The van der Waals surface area contributed by atoms with E-state index in [-0.39, 0.29) is 11.0 Å². The van der Waals surface area contributed by atoms with Crippen LogP contribution in [0.25, 0.3) is 0 Å². The van der Waals surface area contributed by atoms with E-state index in [2.05, 4.69) is 13.8 Å². The molecule has 0 aromatic carbocycles. The van der Waals surface area contributed by atoms with Crippen molar-refractivity contribution < 1.29 is 0 Å². The van der Waals surface area contributed by atoms with Crippen LogP contribution in [0.3, 0.4) is 0 Å². The Morgan fingerprint density at radius 3 is 0.750 bits per heavy atom. The minimum Gasteiger partial charge on any atom is -0.0654 e. The van der Waals surface area contributed by atoms with Gasteiger partial charge in [-0.15, -0.1) is 0 Å². The molecule has 0 N–H and O–H groups in total. The van der Waals surface area contributed by atoms with Gasteiger partial charge in [0.25, 0.3) is 0 Å². The van der Waals surface area contributed by atoms with Gasteiger partial charge in [0.2, 0.25) is 0 Å². The molecule has 1 heteroatoms. The summed E-state index contributed by atoms with van der Waals surface area (Å²) in [6, 6.07) is 0. The summed E-state index contributed by atoms with van der Waals surface area (Å²) in [6.07, 6.45) is 18.9. The van der Waals surface area contributed by atoms with Crippen LogP contribution in [-0.4, -0.2) is 11.0 Å². The van der Waals surface area contributed by atoms with Crippen LogP contribution < -0.4 is 0 Å². The molecule has 0 atom stereocenters. The summed E-state index contributed by atoms with van der Waals surface area (Å²) in [7, 11) is 0. The normalized spacial score (nSPS) is 10.1. The lowest BCUT2D eigenvalue weighted by Gasteiger charge is -2.01. The highest BCUT2D eigenvalue weighted by Gasteiger charge is 1.92. The van der Waals surface area contributed by atoms with E-state index >= 15 is 0 Å². The molecule has 0 saturated heterocycles. The standard InChI is InChI=1S/C15H32.Si/c1-3-5-7-9-11-13-15-14-12-10-8-6-4-2;/h3-15H2,1-2H3;. The van der Waals surface area contributed by atoms with E-state index in [9.17, 15) is 0 Å². The van der Waals surface area contributed by atoms with E-state index in [1.165, 1.54) is 83.5 Å². The zero-order valence-electron chi connectivity index (χ0n) is 11.7. The second kappa shape index (κ2) is 17.6. The first kappa shape index (κ1) is 18.6. The lowest BCUT2D eigenvalue weighted by Crippen LogP contribution is -1.82. The fraction of sp³-hybridized carbons (Fsp3) is 1.00. The summed E-state index contributed by atoms with van der Waals surface area (Å²) < 4.78 is 0. The van der Waals surface area contributed by atoms with Gasteiger partial charge in [-0.1, -0.05) is 97.3 Å². The van der Waals surface area contributed by atoms with E-state index in [4.69, 9.17) is 0 Å². The molecule has 0 spiro atoms. The molecule has 0 aromatic rings. The van der Waals surface area contributed by atoms with Crippen LogP contribution in [0.5, 0.6) is 0 Å². The van der Waals surface area contributed by atoms with Crippen molar-refractivity contribution in [1.29, 1.82) is 0 Å². The average Bonchev–Trinajstić information content (AvgIpc) is 2.26. The molecule has 0 amide bonds. The summed E-state index contributed by atoms with van der Waals surface area (Å²) in [6.45, 7) is 4.58. The van der Waals surface area contributed by atoms with Crippen LogP contribution in [0.2, 0.25) is 0 Å². The van der Waals surface area contributed by atoms with Gasteiger partial charge in [-0.05, 0) is 0 Å². The van der Waals surface area contributed by atoms with Crippen LogP contribution in [0.4, 0.5) is 0 Å². The van der Waals surface area contributed by atoms with Crippen molar-refractivity contribution in [2.75, 3.05) is 0 Å². The first-order valence-corrected chi connectivity index (χ1v) is 7.41. The Morgan fingerprint density at radius 1 is 0.375 bits per heavy atom. The molecule has 0 aliphatic rings. The molecule has 0 fully saturated rings. The smallest absolute Gasteiger partial charge is 0 e. The Bertz CT molecular complexity index is 89.6. The van der Waals surface area contributed by atoms with E-state index in [0.717, 1.165) is 0 Å². The van der Waals surface area contributed by atoms with Gasteiger partial charge in [0.15, 0.2) is 0 Å². The molecule has 0 nitrogen and oxygen atoms in total. The van der Waals surface area contributed by atoms with Crippen LogP contribution in [0.1, 0.15) is 97.3 Å². The van der Waals surface area contributed by atoms with Crippen LogP contribution in [-0.2, 0) is 0 Å². The van der Waals surface area contributed by atoms with Crippen LogP contribution in [0.15, 0.2) is 0 Å². The van der Waals surface area contributed by atoms with E-state index in [1.54, 1.807) is 0 Å². The molecule has 0 rings (SSSR count). The van der Waals surface area contributed by atoms with Crippen LogP contribution in [0, 0.1) is 0 Å². The minimum absolute atomic E-state index is 0. The Kier molecular flexibility index (Phi) is 20.4. The van der Waals surface area contributed by atoms with Crippen molar-refractivity contribution in [3.63, 3.8) is 0 Å². The quantitative estimate of drug-likeness (QED) is 0.302. The fourth-order valence-electron chi connectivity index (χ4n) is 2.09. The summed E-state index contributed by atoms with van der Waals surface area (Å²) in [5.74, 6) is 0. The molecule has 4 radical (unpaired) electrons. The fourth-order valence-corrected chi connectivity index (χ4v) is 2.09. The zero-order chi connectivity index (χ0) is 11.2. The molecular formula is C15H32Si. The van der Waals surface area contributed by atoms with E-state index < -0.39 is 0 Å². The molecule has 16 heavy (non-hydrogen) atoms. The van der Waals surface area contributed by atoms with Gasteiger partial charge in [0.05, 0.1) is 0 Å². The summed E-state index contributed by atoms with van der Waals surface area (Å²) in [5, 5.41) is 0. The average molecular weight is 241 g/mol. The topological polar surface area (TPSA) is 0 Å². The molecule has 0 aliphatic carbocycles. The number of unbranched alkanes of at least 4 members (excludes halogenated alkanes) is 12. The highest BCUT2D eigenvalue weighted by molar-refractivity contribution is 5.75. The first-order chi connectivity index (χ1) is 7.41. The molecule has 0 heterocycles. The van der Waals surface area contributed by atoms with Crippen molar-refractivity contribution in [1.82, 2.24) is 0 Å². The Morgan fingerprint density at radius 2 is 0.562 bits per heavy atom. The third-order valence-corrected chi connectivity index (χ3v) is 3.21. The van der Waals surface area contributed by atoms with Crippen molar-refractivity contribution in [2.24, 2.45) is 0 Å². The van der Waals surface area contributed by atoms with Crippen LogP contribution >= 0.6 is 0 Å². The van der Waals surface area contributed by atoms with Crippen molar-refractivity contribution in [3.8, 4) is 0 Å². The van der Waals surface area contributed by atoms with Gasteiger partial charge >= 0.3 is 0 Å². The largest absolute Gasteiger partial charge is 0.0654 e. The van der Waals surface area contributed by atoms with Gasteiger partial charge in [-0.25, -0.2) is 0 Å². The molecular weight excluding hydrogens is 208 g/mol. The first-order valence-electron chi connectivity index (χ1n) is 7.41. The number of hydrogen-bond donors (Lipinski definition) is 0. The third kappa shape index (κ3) is 16.6. The predicted molar refractivity (Wildman–Crippen MR) is 77.1 cm³/mol. The summed E-state index contributed by atoms with van der Waals surface area (Å²) >= 11 is 0. The maximum absolute atomic E-state index is 2.29. The predicted octanol–water partition coefficient (Wildman–Crippen LogP) is 5.72. The van der Waals surface area contributed by atoms with Gasteiger partial charge in [0.1, 0.15) is 0 Å². The van der Waals surface area contributed by atoms with Gasteiger partial charge in [-0.3, -0.25) is 0 Å². The third-order valence-electron chi connectivity index (χ3n) is 3.21. The lowest BCUT2D eigenvalue weighted by molar-refractivity contribution is 0.542. The van der Waals surface area contributed by atoms with Crippen molar-refractivity contribution in [2.45, 2.75) is 97.3 Å². The monoisotopic (exact) mass is 240 g/mol. The van der Waals surface area contributed by atoms with Crippen molar-refractivity contribution >= 4 is 11.0 Å². The molecule has 0 aromatic heterocycles. The zero-order valence-corrected chi connectivity index (χ0v) is 12.7.